The topological polar surface area (TPSA) is 69.2 Å². The number of carbonyl (C=O) groups excluding carboxylic acids is 1. The van der Waals surface area contributed by atoms with Crippen LogP contribution in [0.4, 0.5) is 4.79 Å². The Hall–Kier alpha value is -1.50. The van der Waals surface area contributed by atoms with Gasteiger partial charge in [-0.15, -0.1) is 0 Å². The number of nitrogens with zero attached hydrogens (tertiary/aromatic N) is 3. The van der Waals surface area contributed by atoms with E-state index in [0.717, 1.165) is 50.8 Å². The maximum absolute atomic E-state index is 12.4. The highest BCUT2D eigenvalue weighted by Crippen LogP contribution is 2.20. The lowest BCUT2D eigenvalue weighted by molar-refractivity contribution is 0.0193. The van der Waals surface area contributed by atoms with Crippen molar-refractivity contribution in [2.75, 3.05) is 45.8 Å². The van der Waals surface area contributed by atoms with Crippen LogP contribution in [0.25, 0.3) is 0 Å². The van der Waals surface area contributed by atoms with Crippen molar-refractivity contribution in [3.8, 4) is 0 Å². The van der Waals surface area contributed by atoms with E-state index in [2.05, 4.69) is 29.4 Å². The molecule has 0 aromatic carbocycles. The molecule has 0 aliphatic carbocycles. The van der Waals surface area contributed by atoms with Gasteiger partial charge in [-0.3, -0.25) is 4.99 Å². The molecule has 168 valence electrons. The fraction of sp³-hybridized carbons (Fsp3) is 0.909. The van der Waals surface area contributed by atoms with Gasteiger partial charge < -0.3 is 25.2 Å². The normalized spacial score (nSPS) is 22.4. The summed E-state index contributed by atoms with van der Waals surface area (Å²) >= 11 is 0. The molecule has 0 bridgehead atoms. The second kappa shape index (κ2) is 11.6. The Morgan fingerprint density at radius 2 is 1.86 bits per heavy atom. The Balaban J connectivity index is 1.80. The van der Waals surface area contributed by atoms with Gasteiger partial charge in [-0.1, -0.05) is 6.92 Å². The lowest BCUT2D eigenvalue weighted by Crippen LogP contribution is -2.53. The number of ether oxygens (including phenoxy) is 1. The van der Waals surface area contributed by atoms with Gasteiger partial charge in [0.25, 0.3) is 0 Å². The third kappa shape index (κ3) is 8.81. The number of likely N-dealkylation sites (tertiary alicyclic amines) is 2. The molecule has 0 spiro atoms. The Kier molecular flexibility index (Phi) is 9.53. The van der Waals surface area contributed by atoms with Crippen LogP contribution in [0.5, 0.6) is 0 Å². The number of hydrogen-bond acceptors (Lipinski definition) is 4. The summed E-state index contributed by atoms with van der Waals surface area (Å²) in [5.74, 6) is 1.66. The van der Waals surface area contributed by atoms with Crippen LogP contribution in [0.3, 0.4) is 0 Å². The number of rotatable bonds is 6. The molecule has 7 nitrogen and oxygen atoms in total. The molecule has 2 rings (SSSR count). The third-order valence-electron chi connectivity index (χ3n) is 5.72. The molecule has 2 saturated heterocycles. The molecular formula is C22H43N5O2. The van der Waals surface area contributed by atoms with Crippen LogP contribution in [0.1, 0.15) is 66.7 Å². The summed E-state index contributed by atoms with van der Waals surface area (Å²) in [5, 5.41) is 6.90. The van der Waals surface area contributed by atoms with Crippen molar-refractivity contribution in [1.29, 1.82) is 0 Å². The number of nitrogens with one attached hydrogen (secondary N) is 2. The summed E-state index contributed by atoms with van der Waals surface area (Å²) in [5.41, 5.74) is -0.457. The minimum Gasteiger partial charge on any atom is -0.444 e. The van der Waals surface area contributed by atoms with Crippen molar-refractivity contribution in [3.63, 3.8) is 0 Å². The van der Waals surface area contributed by atoms with E-state index in [-0.39, 0.29) is 12.1 Å². The maximum atomic E-state index is 12.4. The minimum absolute atomic E-state index is 0.210. The van der Waals surface area contributed by atoms with Gasteiger partial charge in [-0.05, 0) is 85.4 Å². The monoisotopic (exact) mass is 409 g/mol. The average molecular weight is 410 g/mol. The fourth-order valence-electron chi connectivity index (χ4n) is 4.05. The van der Waals surface area contributed by atoms with Crippen LogP contribution in [0.15, 0.2) is 4.99 Å². The number of amides is 1. The van der Waals surface area contributed by atoms with Crippen LogP contribution in [0.2, 0.25) is 0 Å². The maximum Gasteiger partial charge on any atom is 0.410 e. The highest BCUT2D eigenvalue weighted by atomic mass is 16.6. The van der Waals surface area contributed by atoms with Crippen molar-refractivity contribution in [1.82, 2.24) is 20.4 Å². The average Bonchev–Trinajstić information content (AvgIpc) is 2.67. The quantitative estimate of drug-likeness (QED) is 0.521. The van der Waals surface area contributed by atoms with E-state index < -0.39 is 5.60 Å². The second-order valence-corrected chi connectivity index (χ2v) is 9.34. The van der Waals surface area contributed by atoms with Gasteiger partial charge in [0.05, 0.1) is 0 Å². The van der Waals surface area contributed by atoms with Crippen LogP contribution in [0, 0.1) is 5.92 Å². The molecule has 0 radical (unpaired) electrons. The molecule has 2 N–H and O–H groups in total. The zero-order chi connectivity index (χ0) is 21.3. The first-order valence-electron chi connectivity index (χ1n) is 11.6. The SMILES string of the molecule is CCNC(=NCCC1CCN(CC)CC1)NC1CCCN(C(=O)OC(C)(C)C)C1. The van der Waals surface area contributed by atoms with Gasteiger partial charge in [0.2, 0.25) is 0 Å². The Bertz CT molecular complexity index is 524. The van der Waals surface area contributed by atoms with E-state index in [0.29, 0.717) is 6.54 Å². The first-order chi connectivity index (χ1) is 13.8. The first-order valence-corrected chi connectivity index (χ1v) is 11.6. The van der Waals surface area contributed by atoms with Crippen molar-refractivity contribution < 1.29 is 9.53 Å². The molecule has 1 amide bonds. The number of aliphatic imine (C=N–C) groups is 1. The molecule has 2 heterocycles. The molecule has 29 heavy (non-hydrogen) atoms. The molecule has 2 aliphatic heterocycles. The standard InChI is InChI=1S/C22H43N5O2/c1-6-23-20(24-13-10-18-11-15-26(7-2)16-12-18)25-19-9-8-14-27(17-19)21(28)29-22(3,4)5/h18-19H,6-17H2,1-5H3,(H2,23,24,25). The van der Waals surface area contributed by atoms with Gasteiger partial charge in [-0.25, -0.2) is 4.79 Å². The molecule has 1 atom stereocenters. The highest BCUT2D eigenvalue weighted by molar-refractivity contribution is 5.80. The smallest absolute Gasteiger partial charge is 0.410 e. The van der Waals surface area contributed by atoms with E-state index in [1.165, 1.54) is 32.5 Å². The number of guanidine groups is 1. The van der Waals surface area contributed by atoms with E-state index in [4.69, 9.17) is 9.73 Å². The minimum atomic E-state index is -0.457. The number of piperidine rings is 2. The predicted molar refractivity (Wildman–Crippen MR) is 119 cm³/mol. The van der Waals surface area contributed by atoms with Crippen LogP contribution < -0.4 is 10.6 Å². The number of carbonyl (C=O) groups is 1. The van der Waals surface area contributed by atoms with Gasteiger partial charge in [0.1, 0.15) is 5.60 Å². The number of hydrogen-bond donors (Lipinski definition) is 2. The van der Waals surface area contributed by atoms with Crippen LogP contribution in [-0.4, -0.2) is 79.3 Å². The third-order valence-corrected chi connectivity index (χ3v) is 5.72. The van der Waals surface area contributed by atoms with E-state index in [1.807, 2.05) is 25.7 Å². The Labute approximate surface area is 177 Å². The zero-order valence-corrected chi connectivity index (χ0v) is 19.3. The summed E-state index contributed by atoms with van der Waals surface area (Å²) in [6.45, 7) is 16.8. The Morgan fingerprint density at radius 1 is 1.14 bits per heavy atom. The molecule has 2 aliphatic rings. The second-order valence-electron chi connectivity index (χ2n) is 9.34. The van der Waals surface area contributed by atoms with Gasteiger partial charge in [0.15, 0.2) is 5.96 Å². The van der Waals surface area contributed by atoms with Crippen LogP contribution in [-0.2, 0) is 4.74 Å². The van der Waals surface area contributed by atoms with Gasteiger partial charge >= 0.3 is 6.09 Å². The summed E-state index contributed by atoms with van der Waals surface area (Å²) in [6, 6.07) is 0.210. The molecule has 1 unspecified atom stereocenters. The molecule has 0 aromatic heterocycles. The fourth-order valence-corrected chi connectivity index (χ4v) is 4.05. The van der Waals surface area contributed by atoms with Crippen LogP contribution >= 0.6 is 0 Å². The van der Waals surface area contributed by atoms with Crippen molar-refractivity contribution in [2.45, 2.75) is 78.4 Å². The molecular weight excluding hydrogens is 366 g/mol. The summed E-state index contributed by atoms with van der Waals surface area (Å²) in [4.78, 5) is 21.6. The van der Waals surface area contributed by atoms with E-state index in [9.17, 15) is 4.79 Å². The highest BCUT2D eigenvalue weighted by Gasteiger charge is 2.28. The van der Waals surface area contributed by atoms with E-state index >= 15 is 0 Å². The van der Waals surface area contributed by atoms with Crippen molar-refractivity contribution in [2.24, 2.45) is 10.9 Å². The summed E-state index contributed by atoms with van der Waals surface area (Å²) in [7, 11) is 0. The lowest BCUT2D eigenvalue weighted by Gasteiger charge is -2.35. The predicted octanol–water partition coefficient (Wildman–Crippen LogP) is 3.06. The molecule has 7 heteroatoms. The van der Waals surface area contributed by atoms with Crippen molar-refractivity contribution >= 4 is 12.1 Å². The lowest BCUT2D eigenvalue weighted by atomic mass is 9.94. The van der Waals surface area contributed by atoms with Gasteiger partial charge in [-0.2, -0.15) is 0 Å². The van der Waals surface area contributed by atoms with Gasteiger partial charge in [0, 0.05) is 32.2 Å². The Morgan fingerprint density at radius 3 is 2.48 bits per heavy atom. The zero-order valence-electron chi connectivity index (χ0n) is 19.3. The van der Waals surface area contributed by atoms with Crippen molar-refractivity contribution in [3.05, 3.63) is 0 Å². The molecule has 2 fully saturated rings. The van der Waals surface area contributed by atoms with E-state index in [1.54, 1.807) is 0 Å². The summed E-state index contributed by atoms with van der Waals surface area (Å²) in [6.07, 6.45) is 5.54. The molecule has 0 saturated carbocycles. The first kappa shape index (κ1) is 23.8. The summed E-state index contributed by atoms with van der Waals surface area (Å²) < 4.78 is 5.54. The largest absolute Gasteiger partial charge is 0.444 e. The molecule has 0 aromatic rings.